The summed E-state index contributed by atoms with van der Waals surface area (Å²) in [5.41, 5.74) is 5.98. The molecular weight excluding hydrogens is 122 g/mol. The van der Waals surface area contributed by atoms with Crippen LogP contribution in [-0.2, 0) is 0 Å². The minimum atomic E-state index is 0.547. The van der Waals surface area contributed by atoms with Gasteiger partial charge in [0.1, 0.15) is 0 Å². The number of fused-ring (bicyclic) bond motifs is 1. The van der Waals surface area contributed by atoms with E-state index in [9.17, 15) is 0 Å². The summed E-state index contributed by atoms with van der Waals surface area (Å²) in [7, 11) is 0. The monoisotopic (exact) mass is 139 g/mol. The Morgan fingerprint density at radius 3 is 2.30 bits per heavy atom. The van der Waals surface area contributed by atoms with Gasteiger partial charge in [0.2, 0.25) is 0 Å². The maximum Gasteiger partial charge on any atom is 0.00985 e. The van der Waals surface area contributed by atoms with E-state index in [1.807, 2.05) is 0 Å². The zero-order valence-electron chi connectivity index (χ0n) is 6.72. The highest BCUT2D eigenvalue weighted by molar-refractivity contribution is 4.99. The van der Waals surface area contributed by atoms with Crippen LogP contribution in [0.25, 0.3) is 0 Å². The third-order valence-corrected chi connectivity index (χ3v) is 3.65. The third-order valence-electron chi connectivity index (χ3n) is 3.65. The molecule has 0 aromatic carbocycles. The first-order chi connectivity index (χ1) is 4.80. The average molecular weight is 139 g/mol. The average Bonchev–Trinajstić information content (AvgIpc) is 2.03. The van der Waals surface area contributed by atoms with Crippen LogP contribution < -0.4 is 5.73 Å². The van der Waals surface area contributed by atoms with E-state index in [1.165, 1.54) is 25.7 Å². The molecule has 2 saturated carbocycles. The van der Waals surface area contributed by atoms with E-state index >= 15 is 0 Å². The van der Waals surface area contributed by atoms with Crippen molar-refractivity contribution in [2.24, 2.45) is 23.5 Å². The van der Waals surface area contributed by atoms with E-state index in [-0.39, 0.29) is 0 Å². The quantitative estimate of drug-likeness (QED) is 0.544. The highest BCUT2D eigenvalue weighted by Gasteiger charge is 2.45. The van der Waals surface area contributed by atoms with Crippen molar-refractivity contribution in [2.75, 3.05) is 0 Å². The van der Waals surface area contributed by atoms with Crippen LogP contribution >= 0.6 is 0 Å². The number of nitrogens with two attached hydrogens (primary N) is 1. The first kappa shape index (κ1) is 6.66. The molecule has 0 heterocycles. The molecule has 0 aromatic heterocycles. The fourth-order valence-corrected chi connectivity index (χ4v) is 2.85. The van der Waals surface area contributed by atoms with Crippen molar-refractivity contribution in [3.8, 4) is 0 Å². The van der Waals surface area contributed by atoms with Crippen molar-refractivity contribution >= 4 is 0 Å². The molecule has 2 fully saturated rings. The molecule has 3 unspecified atom stereocenters. The van der Waals surface area contributed by atoms with E-state index in [0.29, 0.717) is 6.04 Å². The lowest BCUT2D eigenvalue weighted by molar-refractivity contribution is 0.0115. The van der Waals surface area contributed by atoms with Crippen molar-refractivity contribution in [3.05, 3.63) is 0 Å². The number of rotatable bonds is 0. The van der Waals surface area contributed by atoms with E-state index in [4.69, 9.17) is 5.73 Å². The molecule has 0 saturated heterocycles. The van der Waals surface area contributed by atoms with Gasteiger partial charge in [0.05, 0.1) is 0 Å². The molecule has 0 aromatic rings. The van der Waals surface area contributed by atoms with Crippen molar-refractivity contribution in [1.29, 1.82) is 0 Å². The van der Waals surface area contributed by atoms with Gasteiger partial charge in [0.15, 0.2) is 0 Å². The summed E-state index contributed by atoms with van der Waals surface area (Å²) in [4.78, 5) is 0. The summed E-state index contributed by atoms with van der Waals surface area (Å²) < 4.78 is 0. The molecule has 2 rings (SSSR count). The lowest BCUT2D eigenvalue weighted by atomic mass is 9.56. The Morgan fingerprint density at radius 1 is 1.10 bits per heavy atom. The highest BCUT2D eigenvalue weighted by Crippen LogP contribution is 2.47. The summed E-state index contributed by atoms with van der Waals surface area (Å²) in [6, 6.07) is 0.547. The first-order valence-corrected chi connectivity index (χ1v) is 4.56. The second kappa shape index (κ2) is 2.23. The van der Waals surface area contributed by atoms with E-state index in [2.05, 4.69) is 6.92 Å². The summed E-state index contributed by atoms with van der Waals surface area (Å²) in [6.45, 7) is 2.32. The van der Waals surface area contributed by atoms with Crippen LogP contribution in [0.15, 0.2) is 0 Å². The lowest BCUT2D eigenvalue weighted by Crippen LogP contribution is -2.56. The summed E-state index contributed by atoms with van der Waals surface area (Å²) in [5.74, 6) is 2.73. The van der Waals surface area contributed by atoms with Crippen molar-refractivity contribution < 1.29 is 0 Å². The fourth-order valence-electron chi connectivity index (χ4n) is 2.85. The van der Waals surface area contributed by atoms with Crippen LogP contribution in [0, 0.1) is 17.8 Å². The molecule has 2 aliphatic rings. The normalized spacial score (nSPS) is 53.4. The van der Waals surface area contributed by atoms with Gasteiger partial charge < -0.3 is 5.73 Å². The summed E-state index contributed by atoms with van der Waals surface area (Å²) in [5, 5.41) is 0. The third kappa shape index (κ3) is 0.731. The van der Waals surface area contributed by atoms with Crippen molar-refractivity contribution in [1.82, 2.24) is 0 Å². The van der Waals surface area contributed by atoms with Gasteiger partial charge in [-0.3, -0.25) is 0 Å². The Labute approximate surface area is 63.0 Å². The van der Waals surface area contributed by atoms with E-state index in [0.717, 1.165) is 17.8 Å². The van der Waals surface area contributed by atoms with Gasteiger partial charge in [-0.15, -0.1) is 0 Å². The van der Waals surface area contributed by atoms with Crippen LogP contribution in [0.2, 0.25) is 0 Å². The molecule has 0 radical (unpaired) electrons. The van der Waals surface area contributed by atoms with Crippen LogP contribution in [0.5, 0.6) is 0 Å². The maximum atomic E-state index is 5.98. The second-order valence-electron chi connectivity index (χ2n) is 4.05. The predicted octanol–water partition coefficient (Wildman–Crippen LogP) is 1.77. The Kier molecular flexibility index (Phi) is 1.48. The zero-order valence-corrected chi connectivity index (χ0v) is 6.72. The molecule has 1 nitrogen and oxygen atoms in total. The van der Waals surface area contributed by atoms with E-state index < -0.39 is 0 Å². The fraction of sp³-hybridized carbons (Fsp3) is 1.00. The molecule has 2 aliphatic carbocycles. The highest BCUT2D eigenvalue weighted by atomic mass is 14.8. The molecule has 0 amide bonds. The Bertz CT molecular complexity index is 117. The Morgan fingerprint density at radius 2 is 1.70 bits per heavy atom. The van der Waals surface area contributed by atoms with Gasteiger partial charge in [-0.05, 0) is 30.6 Å². The Balaban J connectivity index is 2.00. The SMILES string of the molecule is CC1C(N)C2CCCC[C@@H]12. The lowest BCUT2D eigenvalue weighted by Gasteiger charge is -2.52. The molecule has 58 valence electrons. The van der Waals surface area contributed by atoms with Crippen molar-refractivity contribution in [2.45, 2.75) is 38.6 Å². The number of hydrogen-bond acceptors (Lipinski definition) is 1. The molecule has 0 spiro atoms. The standard InChI is InChI=1S/C9H17N/c1-6-7-4-2-3-5-8(7)9(6)10/h6-9H,2-5,10H2,1H3/t6?,7-,8?,9?/m0/s1. The largest absolute Gasteiger partial charge is 0.327 e. The van der Waals surface area contributed by atoms with Crippen LogP contribution in [0.4, 0.5) is 0 Å². The molecule has 1 heteroatoms. The molecular formula is C9H17N. The summed E-state index contributed by atoms with van der Waals surface area (Å²) in [6.07, 6.45) is 5.76. The molecule has 0 aliphatic heterocycles. The van der Waals surface area contributed by atoms with Gasteiger partial charge in [0.25, 0.3) is 0 Å². The van der Waals surface area contributed by atoms with Gasteiger partial charge in [0, 0.05) is 6.04 Å². The van der Waals surface area contributed by atoms with Crippen LogP contribution in [-0.4, -0.2) is 6.04 Å². The number of hydrogen-bond donors (Lipinski definition) is 1. The van der Waals surface area contributed by atoms with Gasteiger partial charge in [-0.1, -0.05) is 19.8 Å². The predicted molar refractivity (Wildman–Crippen MR) is 42.6 cm³/mol. The zero-order chi connectivity index (χ0) is 7.14. The smallest absolute Gasteiger partial charge is 0.00985 e. The van der Waals surface area contributed by atoms with Gasteiger partial charge in [-0.2, -0.15) is 0 Å². The minimum Gasteiger partial charge on any atom is -0.327 e. The van der Waals surface area contributed by atoms with Gasteiger partial charge >= 0.3 is 0 Å². The molecule has 4 atom stereocenters. The molecule has 10 heavy (non-hydrogen) atoms. The maximum absolute atomic E-state index is 5.98. The van der Waals surface area contributed by atoms with Gasteiger partial charge in [-0.25, -0.2) is 0 Å². The minimum absolute atomic E-state index is 0.547. The van der Waals surface area contributed by atoms with E-state index in [1.54, 1.807) is 0 Å². The van der Waals surface area contributed by atoms with Crippen LogP contribution in [0.3, 0.4) is 0 Å². The summed E-state index contributed by atoms with van der Waals surface area (Å²) >= 11 is 0. The van der Waals surface area contributed by atoms with Crippen molar-refractivity contribution in [3.63, 3.8) is 0 Å². The van der Waals surface area contributed by atoms with Crippen LogP contribution in [0.1, 0.15) is 32.6 Å². The first-order valence-electron chi connectivity index (χ1n) is 4.56. The Hall–Kier alpha value is -0.0400. The molecule has 2 N–H and O–H groups in total. The topological polar surface area (TPSA) is 26.0 Å². The molecule has 0 bridgehead atoms. The second-order valence-corrected chi connectivity index (χ2v) is 4.05.